The predicted octanol–water partition coefficient (Wildman–Crippen LogP) is 3.13. The summed E-state index contributed by atoms with van der Waals surface area (Å²) < 4.78 is 77.1. The number of nitrogens with one attached hydrogen (secondary N) is 1. The second kappa shape index (κ2) is 6.10. The van der Waals surface area contributed by atoms with E-state index < -0.39 is 30.5 Å². The third-order valence-corrected chi connectivity index (χ3v) is 2.09. The van der Waals surface area contributed by atoms with Crippen molar-refractivity contribution in [2.45, 2.75) is 39.2 Å². The van der Waals surface area contributed by atoms with Crippen molar-refractivity contribution in [1.82, 2.24) is 5.32 Å². The molecule has 0 fully saturated rings. The molecule has 0 amide bonds. The molecule has 0 unspecified atom stereocenters. The van der Waals surface area contributed by atoms with E-state index in [1.807, 2.05) is 0 Å². The van der Waals surface area contributed by atoms with Gasteiger partial charge in [0.2, 0.25) is 6.10 Å². The van der Waals surface area contributed by atoms with Gasteiger partial charge in [0.25, 0.3) is 0 Å². The van der Waals surface area contributed by atoms with Crippen molar-refractivity contribution >= 4 is 0 Å². The molecule has 1 N–H and O–H groups in total. The Bertz CT molecular complexity index is 234. The first-order chi connectivity index (χ1) is 7.90. The Hall–Kier alpha value is -0.500. The largest absolute Gasteiger partial charge is 0.423 e. The molecule has 8 heteroatoms. The molecule has 0 saturated heterocycles. The minimum atomic E-state index is -5.45. The average Bonchev–Trinajstić information content (AvgIpc) is 2.10. The number of rotatable bonds is 6. The predicted molar refractivity (Wildman–Crippen MR) is 54.2 cm³/mol. The first kappa shape index (κ1) is 17.5. The van der Waals surface area contributed by atoms with E-state index in [0.717, 1.165) is 0 Å². The standard InChI is InChI=1S/C10H17F6NO/c1-4-17-5-8(2,3)6-18-7(9(11,12)13)10(14,15)16/h7,17H,4-6H2,1-3H3. The van der Waals surface area contributed by atoms with Crippen molar-refractivity contribution in [3.8, 4) is 0 Å². The van der Waals surface area contributed by atoms with Gasteiger partial charge in [-0.05, 0) is 6.54 Å². The first-order valence-electron chi connectivity index (χ1n) is 5.36. The fourth-order valence-electron chi connectivity index (χ4n) is 1.20. The molecule has 0 radical (unpaired) electrons. The fourth-order valence-corrected chi connectivity index (χ4v) is 1.20. The Morgan fingerprint density at radius 2 is 1.44 bits per heavy atom. The Morgan fingerprint density at radius 1 is 1.00 bits per heavy atom. The van der Waals surface area contributed by atoms with E-state index in [-0.39, 0.29) is 6.54 Å². The topological polar surface area (TPSA) is 21.3 Å². The Morgan fingerprint density at radius 3 is 1.78 bits per heavy atom. The van der Waals surface area contributed by atoms with E-state index in [0.29, 0.717) is 6.54 Å². The van der Waals surface area contributed by atoms with Gasteiger partial charge in [0.05, 0.1) is 6.61 Å². The van der Waals surface area contributed by atoms with Crippen molar-refractivity contribution in [1.29, 1.82) is 0 Å². The summed E-state index contributed by atoms with van der Waals surface area (Å²) >= 11 is 0. The normalized spacial score (nSPS) is 14.3. The van der Waals surface area contributed by atoms with E-state index in [2.05, 4.69) is 10.1 Å². The zero-order valence-corrected chi connectivity index (χ0v) is 10.4. The van der Waals surface area contributed by atoms with Crippen LogP contribution in [0.3, 0.4) is 0 Å². The van der Waals surface area contributed by atoms with Crippen LogP contribution >= 0.6 is 0 Å². The molecule has 0 aromatic heterocycles. The van der Waals surface area contributed by atoms with Gasteiger partial charge in [-0.25, -0.2) is 0 Å². The van der Waals surface area contributed by atoms with Gasteiger partial charge in [-0.2, -0.15) is 26.3 Å². The highest BCUT2D eigenvalue weighted by molar-refractivity contribution is 4.79. The SMILES string of the molecule is CCNCC(C)(C)COC(C(F)(F)F)C(F)(F)F. The van der Waals surface area contributed by atoms with Crippen LogP contribution in [0.1, 0.15) is 20.8 Å². The molecule has 0 aromatic rings. The molecule has 0 aliphatic carbocycles. The monoisotopic (exact) mass is 281 g/mol. The summed E-state index contributed by atoms with van der Waals surface area (Å²) in [6.07, 6.45) is -14.6. The molecular weight excluding hydrogens is 264 g/mol. The lowest BCUT2D eigenvalue weighted by Crippen LogP contribution is -2.46. The lowest BCUT2D eigenvalue weighted by molar-refractivity contribution is -0.325. The van der Waals surface area contributed by atoms with E-state index in [1.165, 1.54) is 13.8 Å². The molecule has 0 bridgehead atoms. The molecule has 0 saturated carbocycles. The number of hydrogen-bond acceptors (Lipinski definition) is 2. The molecule has 0 rings (SSSR count). The van der Waals surface area contributed by atoms with Gasteiger partial charge in [0.1, 0.15) is 0 Å². The molecule has 0 atom stereocenters. The van der Waals surface area contributed by atoms with E-state index in [4.69, 9.17) is 0 Å². The van der Waals surface area contributed by atoms with Gasteiger partial charge in [-0.1, -0.05) is 20.8 Å². The van der Waals surface area contributed by atoms with Crippen molar-refractivity contribution < 1.29 is 31.1 Å². The molecular formula is C10H17F6NO. The van der Waals surface area contributed by atoms with Crippen LogP contribution in [0.5, 0.6) is 0 Å². The van der Waals surface area contributed by atoms with Crippen molar-refractivity contribution in [2.75, 3.05) is 19.7 Å². The van der Waals surface area contributed by atoms with Crippen LogP contribution in [0.15, 0.2) is 0 Å². The fraction of sp³-hybridized carbons (Fsp3) is 1.00. The Kier molecular flexibility index (Phi) is 5.93. The molecule has 18 heavy (non-hydrogen) atoms. The zero-order chi connectivity index (χ0) is 14.6. The summed E-state index contributed by atoms with van der Waals surface area (Å²) in [5.74, 6) is 0. The Labute approximate surface area is 102 Å². The van der Waals surface area contributed by atoms with Crippen molar-refractivity contribution in [3.05, 3.63) is 0 Å². The van der Waals surface area contributed by atoms with E-state index >= 15 is 0 Å². The maximum atomic E-state index is 12.2. The second-order valence-corrected chi connectivity index (χ2v) is 4.72. The second-order valence-electron chi connectivity index (χ2n) is 4.72. The quantitative estimate of drug-likeness (QED) is 0.755. The first-order valence-corrected chi connectivity index (χ1v) is 5.36. The van der Waals surface area contributed by atoms with Gasteiger partial charge in [0.15, 0.2) is 0 Å². The van der Waals surface area contributed by atoms with E-state index in [1.54, 1.807) is 6.92 Å². The number of ether oxygens (including phenoxy) is 1. The zero-order valence-electron chi connectivity index (χ0n) is 10.4. The third-order valence-electron chi connectivity index (χ3n) is 2.09. The summed E-state index contributed by atoms with van der Waals surface area (Å²) in [5, 5.41) is 2.85. The maximum Gasteiger partial charge on any atom is 0.423 e. The van der Waals surface area contributed by atoms with E-state index in [9.17, 15) is 26.3 Å². The number of halogens is 6. The van der Waals surface area contributed by atoms with Crippen LogP contribution in [0.25, 0.3) is 0 Å². The minimum absolute atomic E-state index is 0.270. The van der Waals surface area contributed by atoms with Crippen LogP contribution in [-0.4, -0.2) is 38.2 Å². The summed E-state index contributed by atoms with van der Waals surface area (Å²) in [5.41, 5.74) is -0.815. The van der Waals surface area contributed by atoms with Gasteiger partial charge >= 0.3 is 12.4 Å². The van der Waals surface area contributed by atoms with Gasteiger partial charge in [-0.3, -0.25) is 0 Å². The molecule has 2 nitrogen and oxygen atoms in total. The summed E-state index contributed by atoms with van der Waals surface area (Å²) in [6.45, 7) is 5.05. The number of hydrogen-bond donors (Lipinski definition) is 1. The molecule has 0 heterocycles. The van der Waals surface area contributed by atoms with Crippen LogP contribution in [-0.2, 0) is 4.74 Å². The molecule has 0 aliphatic rings. The third kappa shape index (κ3) is 6.44. The van der Waals surface area contributed by atoms with Crippen molar-refractivity contribution in [2.24, 2.45) is 5.41 Å². The lowest BCUT2D eigenvalue weighted by Gasteiger charge is -2.29. The highest BCUT2D eigenvalue weighted by Crippen LogP contribution is 2.36. The molecule has 0 aliphatic heterocycles. The van der Waals surface area contributed by atoms with Crippen LogP contribution in [0.2, 0.25) is 0 Å². The van der Waals surface area contributed by atoms with Crippen LogP contribution in [0, 0.1) is 5.41 Å². The summed E-state index contributed by atoms with van der Waals surface area (Å²) in [7, 11) is 0. The minimum Gasteiger partial charge on any atom is -0.360 e. The summed E-state index contributed by atoms with van der Waals surface area (Å²) in [4.78, 5) is 0. The maximum absolute atomic E-state index is 12.2. The molecule has 0 aromatic carbocycles. The van der Waals surface area contributed by atoms with Gasteiger partial charge in [0, 0.05) is 12.0 Å². The Balaban J connectivity index is 4.54. The van der Waals surface area contributed by atoms with Gasteiger partial charge in [-0.15, -0.1) is 0 Å². The summed E-state index contributed by atoms with van der Waals surface area (Å²) in [6, 6.07) is 0. The van der Waals surface area contributed by atoms with Crippen LogP contribution < -0.4 is 5.32 Å². The lowest BCUT2D eigenvalue weighted by atomic mass is 9.95. The smallest absolute Gasteiger partial charge is 0.360 e. The molecule has 0 spiro atoms. The van der Waals surface area contributed by atoms with Crippen LogP contribution in [0.4, 0.5) is 26.3 Å². The highest BCUT2D eigenvalue weighted by atomic mass is 19.4. The average molecular weight is 281 g/mol. The van der Waals surface area contributed by atoms with Crippen molar-refractivity contribution in [3.63, 3.8) is 0 Å². The van der Waals surface area contributed by atoms with Gasteiger partial charge < -0.3 is 10.1 Å². The highest BCUT2D eigenvalue weighted by Gasteiger charge is 2.58. The number of alkyl halides is 6. The molecule has 110 valence electrons.